The number of phenols is 1. The van der Waals surface area contributed by atoms with Crippen LogP contribution in [0.1, 0.15) is 204 Å². The summed E-state index contributed by atoms with van der Waals surface area (Å²) >= 11 is 0. The minimum Gasteiger partial charge on any atom is -0.508 e. The number of carbonyl (C=O) groups is 1. The lowest BCUT2D eigenvalue weighted by molar-refractivity contribution is -0.154. The zero-order valence-corrected chi connectivity index (χ0v) is 44.2. The van der Waals surface area contributed by atoms with Crippen LogP contribution in [0, 0.1) is 65.6 Å². The molecule has 0 aromatic heterocycles. The molecule has 0 radical (unpaired) electrons. The standard InChI is InChI=1S/C22H31NO3.C20H29NO2.C19H27NO3/c1-13-4-5-16-17-8-9-22(3)20(6-7-21(22)26-14(2)24)19(17)11-15(12-25-23)18(16)10-13;1-12-3-4-14-15-7-8-20(2)18(5-6-19(20)22)17(15)10-13(11-23-21)16(14)9-12;1-19-7-6-14-13-3-2-12(21)9-15(13)11(10-23-20)8-16(14)17(19)4-5-18(19)22/h4-5,10,15,17,19-21H,6-9,11-12,23H2,1-3H3;3-4,9,13,15,17-19,22H,5-8,10-11,21H2,1-2H3;2-3,9,11,14,16-18,21-22H,4-8,10,20H2,1H3/t15-,17-,19+,20+,21?,22-;13-,15+,17+,18-,19?,20-;11-,14-,16+,17-,18?,19-/m000/s1. The lowest BCUT2D eigenvalue weighted by atomic mass is 9.54. The quantitative estimate of drug-likeness (QED) is 0.0975. The molecule has 3 unspecified atom stereocenters. The molecule has 6 fully saturated rings. The molecule has 0 aliphatic heterocycles. The van der Waals surface area contributed by atoms with Crippen molar-refractivity contribution in [3.05, 3.63) is 99.1 Å². The molecule has 394 valence electrons. The maximum absolute atomic E-state index is 11.6. The molecule has 11 heteroatoms. The number of benzene rings is 3. The first kappa shape index (κ1) is 52.1. The number of aryl methyl sites for hydroxylation is 2. The van der Waals surface area contributed by atoms with Crippen LogP contribution in [-0.2, 0) is 24.0 Å². The Morgan fingerprint density at radius 2 is 0.903 bits per heavy atom. The zero-order valence-electron chi connectivity index (χ0n) is 44.2. The van der Waals surface area contributed by atoms with Gasteiger partial charge in [0.05, 0.1) is 32.0 Å². The summed E-state index contributed by atoms with van der Waals surface area (Å²) in [4.78, 5) is 26.7. The summed E-state index contributed by atoms with van der Waals surface area (Å²) in [5.41, 5.74) is 11.4. The minimum absolute atomic E-state index is 0.0731. The van der Waals surface area contributed by atoms with E-state index in [2.05, 4.69) is 77.1 Å². The maximum atomic E-state index is 11.6. The van der Waals surface area contributed by atoms with Crippen molar-refractivity contribution in [1.29, 1.82) is 0 Å². The van der Waals surface area contributed by atoms with Crippen molar-refractivity contribution in [1.82, 2.24) is 0 Å². The lowest BCUT2D eigenvalue weighted by Crippen LogP contribution is -2.46. The molecule has 72 heavy (non-hydrogen) atoms. The Kier molecular flexibility index (Phi) is 14.9. The predicted molar refractivity (Wildman–Crippen MR) is 279 cm³/mol. The fraction of sp³-hybridized carbons (Fsp3) is 0.689. The Balaban J connectivity index is 0.000000125. The first-order valence-electron chi connectivity index (χ1n) is 28.0. The molecule has 0 heterocycles. The molecule has 0 amide bonds. The molecule has 18 atom stereocenters. The third kappa shape index (κ3) is 9.09. The number of hydrogen-bond acceptors (Lipinski definition) is 11. The van der Waals surface area contributed by atoms with Crippen LogP contribution in [-0.4, -0.2) is 59.4 Å². The molecule has 0 bridgehead atoms. The number of phenolic OH excluding ortho intramolecular Hbond substituents is 1. The molecule has 12 rings (SSSR count). The van der Waals surface area contributed by atoms with Crippen molar-refractivity contribution in [2.75, 3.05) is 19.8 Å². The average Bonchev–Trinajstić information content (AvgIpc) is 3.97. The van der Waals surface area contributed by atoms with E-state index in [4.69, 9.17) is 36.9 Å². The van der Waals surface area contributed by atoms with Crippen LogP contribution in [0.5, 0.6) is 5.75 Å². The van der Waals surface area contributed by atoms with Crippen molar-refractivity contribution >= 4 is 5.97 Å². The van der Waals surface area contributed by atoms with Gasteiger partial charge in [0, 0.05) is 30.1 Å². The number of rotatable bonds is 7. The Labute approximate surface area is 429 Å². The van der Waals surface area contributed by atoms with Crippen LogP contribution >= 0.6 is 0 Å². The molecule has 6 saturated carbocycles. The number of nitrogens with two attached hydrogens (primary N) is 3. The summed E-state index contributed by atoms with van der Waals surface area (Å²) in [6.45, 7) is 14.5. The largest absolute Gasteiger partial charge is 0.508 e. The van der Waals surface area contributed by atoms with Crippen molar-refractivity contribution in [3.8, 4) is 5.75 Å². The second-order valence-corrected chi connectivity index (χ2v) is 25.5. The molecule has 9 aliphatic rings. The summed E-state index contributed by atoms with van der Waals surface area (Å²) < 4.78 is 5.74. The number of aliphatic hydroxyl groups is 2. The average molecular weight is 990 g/mol. The Hall–Kier alpha value is -3.39. The van der Waals surface area contributed by atoms with E-state index in [0.29, 0.717) is 90.7 Å². The van der Waals surface area contributed by atoms with Crippen LogP contribution < -0.4 is 17.7 Å². The second-order valence-electron chi connectivity index (χ2n) is 25.5. The van der Waals surface area contributed by atoms with Crippen LogP contribution in [0.3, 0.4) is 0 Å². The van der Waals surface area contributed by atoms with Gasteiger partial charge in [-0.25, -0.2) is 17.7 Å². The highest BCUT2D eigenvalue weighted by atomic mass is 16.6. The minimum atomic E-state index is -0.154. The third-order valence-corrected chi connectivity index (χ3v) is 22.1. The lowest BCUT2D eigenvalue weighted by Gasteiger charge is -2.51. The van der Waals surface area contributed by atoms with Gasteiger partial charge >= 0.3 is 5.97 Å². The zero-order chi connectivity index (χ0) is 50.9. The van der Waals surface area contributed by atoms with Crippen LogP contribution in [0.2, 0.25) is 0 Å². The van der Waals surface area contributed by atoms with Gasteiger partial charge in [-0.3, -0.25) is 4.79 Å². The van der Waals surface area contributed by atoms with E-state index in [-0.39, 0.29) is 46.4 Å². The first-order valence-corrected chi connectivity index (χ1v) is 28.0. The maximum Gasteiger partial charge on any atom is 0.302 e. The summed E-state index contributed by atoms with van der Waals surface area (Å²) in [5.74, 6) is 23.0. The van der Waals surface area contributed by atoms with Gasteiger partial charge in [-0.2, -0.15) is 0 Å². The van der Waals surface area contributed by atoms with E-state index in [0.717, 1.165) is 77.0 Å². The highest BCUT2D eigenvalue weighted by Gasteiger charge is 2.59. The topological polar surface area (TPSA) is 193 Å². The van der Waals surface area contributed by atoms with Gasteiger partial charge in [0.25, 0.3) is 0 Å². The fourth-order valence-corrected chi connectivity index (χ4v) is 18.5. The highest BCUT2D eigenvalue weighted by Crippen LogP contribution is 2.65. The third-order valence-electron chi connectivity index (χ3n) is 22.1. The molecule has 0 saturated heterocycles. The Morgan fingerprint density at radius 3 is 1.32 bits per heavy atom. The Bertz CT molecular complexity index is 2330. The van der Waals surface area contributed by atoms with Crippen LogP contribution in [0.15, 0.2) is 54.6 Å². The molecular formula is C61H87N3O8. The highest BCUT2D eigenvalue weighted by molar-refractivity contribution is 5.66. The summed E-state index contributed by atoms with van der Waals surface area (Å²) in [6.07, 6.45) is 16.4. The van der Waals surface area contributed by atoms with E-state index in [1.807, 2.05) is 6.07 Å². The van der Waals surface area contributed by atoms with Crippen molar-refractivity contribution in [2.24, 2.45) is 69.4 Å². The molecule has 3 aromatic carbocycles. The van der Waals surface area contributed by atoms with Crippen LogP contribution in [0.25, 0.3) is 0 Å². The summed E-state index contributed by atoms with van der Waals surface area (Å²) in [7, 11) is 0. The van der Waals surface area contributed by atoms with Gasteiger partial charge in [-0.15, -0.1) is 0 Å². The monoisotopic (exact) mass is 990 g/mol. The number of carbonyl (C=O) groups excluding carboxylic acids is 1. The number of fused-ring (bicyclic) bond motifs is 15. The molecular weight excluding hydrogens is 903 g/mol. The van der Waals surface area contributed by atoms with E-state index < -0.39 is 0 Å². The van der Waals surface area contributed by atoms with Gasteiger partial charge in [-0.1, -0.05) is 74.4 Å². The molecule has 0 spiro atoms. The Morgan fingerprint density at radius 1 is 0.528 bits per heavy atom. The summed E-state index contributed by atoms with van der Waals surface area (Å²) in [6, 6.07) is 19.6. The van der Waals surface area contributed by atoms with Gasteiger partial charge < -0.3 is 34.6 Å². The van der Waals surface area contributed by atoms with E-state index in [1.165, 1.54) is 70.7 Å². The number of hydrogen-bond donors (Lipinski definition) is 6. The molecule has 3 aromatic rings. The number of esters is 1. The summed E-state index contributed by atoms with van der Waals surface area (Å²) in [5, 5.41) is 30.9. The first-order chi connectivity index (χ1) is 34.5. The van der Waals surface area contributed by atoms with Crippen molar-refractivity contribution in [2.45, 2.75) is 192 Å². The number of ether oxygens (including phenoxy) is 1. The van der Waals surface area contributed by atoms with Gasteiger partial charge in [-0.05, 0) is 220 Å². The smallest absolute Gasteiger partial charge is 0.302 e. The van der Waals surface area contributed by atoms with Crippen molar-refractivity contribution in [3.63, 3.8) is 0 Å². The van der Waals surface area contributed by atoms with E-state index in [9.17, 15) is 20.1 Å². The number of aliphatic hydroxyl groups excluding tert-OH is 2. The second kappa shape index (κ2) is 20.6. The molecule has 9 aliphatic carbocycles. The van der Waals surface area contributed by atoms with Crippen LogP contribution in [0.4, 0.5) is 0 Å². The fourth-order valence-electron chi connectivity index (χ4n) is 18.5. The molecule has 9 N–H and O–H groups in total. The number of aromatic hydroxyl groups is 1. The van der Waals surface area contributed by atoms with E-state index in [1.54, 1.807) is 6.07 Å². The van der Waals surface area contributed by atoms with Gasteiger partial charge in [0.1, 0.15) is 11.9 Å². The SMILES string of the molecule is CC(=O)OC1CC[C@@H]2[C@@H]3C[C@@H](CON)c4cc(C)ccc4[C@@H]3CC[C@]12C.C[C@]12CC[C@H]3c4ccc(O)cc4[C@H](CON)C[C@H]3[C@@H]1CCC2O.Cc1ccc2c(c1)[C@H](CON)C[C@@H]1[C@@H]2CC[C@]2(C)C(O)CC[C@@H]12. The van der Waals surface area contributed by atoms with Gasteiger partial charge in [0.15, 0.2) is 0 Å². The molecule has 11 nitrogen and oxygen atoms in total. The van der Waals surface area contributed by atoms with E-state index >= 15 is 0 Å². The van der Waals surface area contributed by atoms with Gasteiger partial charge in [0.2, 0.25) is 0 Å². The normalized spacial score (nSPS) is 40.6. The van der Waals surface area contributed by atoms with Crippen molar-refractivity contribution < 1.29 is 39.4 Å². The predicted octanol–water partition coefficient (Wildman–Crippen LogP) is 10.9.